The molecule has 0 radical (unpaired) electrons. The highest BCUT2D eigenvalue weighted by Crippen LogP contribution is 2.20. The van der Waals surface area contributed by atoms with E-state index in [9.17, 15) is 9.59 Å². The van der Waals surface area contributed by atoms with Gasteiger partial charge in [0.05, 0.1) is 18.2 Å². The van der Waals surface area contributed by atoms with Gasteiger partial charge in [-0.2, -0.15) is 5.26 Å². The van der Waals surface area contributed by atoms with Crippen LogP contribution >= 0.6 is 0 Å². The van der Waals surface area contributed by atoms with E-state index in [4.69, 9.17) is 11.0 Å². The lowest BCUT2D eigenvalue weighted by atomic mass is 9.93. The molecule has 0 atom stereocenters. The van der Waals surface area contributed by atoms with Crippen LogP contribution in [0.25, 0.3) is 0 Å². The third-order valence-electron chi connectivity index (χ3n) is 3.90. The molecule has 2 N–H and O–H groups in total. The summed E-state index contributed by atoms with van der Waals surface area (Å²) in [6, 6.07) is 8.74. The van der Waals surface area contributed by atoms with Crippen LogP contribution < -0.4 is 5.73 Å². The first kappa shape index (κ1) is 15.2. The van der Waals surface area contributed by atoms with Crippen molar-refractivity contribution in [2.75, 3.05) is 19.6 Å². The van der Waals surface area contributed by atoms with Gasteiger partial charge in [-0.3, -0.25) is 14.5 Å². The number of primary amides is 1. The zero-order chi connectivity index (χ0) is 15.2. The number of hydrogen-bond donors (Lipinski definition) is 1. The number of amides is 1. The molecule has 0 aromatic heterocycles. The van der Waals surface area contributed by atoms with Crippen molar-refractivity contribution >= 4 is 11.7 Å². The number of nitriles is 1. The Morgan fingerprint density at radius 3 is 2.38 bits per heavy atom. The molecular weight excluding hydrogens is 266 g/mol. The van der Waals surface area contributed by atoms with E-state index in [1.807, 2.05) is 6.07 Å². The topological polar surface area (TPSA) is 87.2 Å². The number of ketones is 1. The molecule has 1 heterocycles. The van der Waals surface area contributed by atoms with Gasteiger partial charge in [0.2, 0.25) is 5.91 Å². The van der Waals surface area contributed by atoms with Crippen LogP contribution in [0.15, 0.2) is 24.3 Å². The second-order valence-electron chi connectivity index (χ2n) is 5.50. The molecule has 1 fully saturated rings. The Morgan fingerprint density at radius 2 is 1.86 bits per heavy atom. The summed E-state index contributed by atoms with van der Waals surface area (Å²) >= 11 is 0. The second-order valence-corrected chi connectivity index (χ2v) is 5.50. The minimum absolute atomic E-state index is 0.0628. The van der Waals surface area contributed by atoms with Crippen LogP contribution in [0.4, 0.5) is 0 Å². The Hall–Kier alpha value is -2.19. The Kier molecular flexibility index (Phi) is 5.07. The number of carbonyl (C=O) groups is 2. The lowest BCUT2D eigenvalue weighted by Crippen LogP contribution is -2.38. The predicted molar refractivity (Wildman–Crippen MR) is 78.5 cm³/mol. The van der Waals surface area contributed by atoms with E-state index in [1.54, 1.807) is 24.3 Å². The maximum atomic E-state index is 12.2. The van der Waals surface area contributed by atoms with Gasteiger partial charge in [-0.25, -0.2) is 0 Å². The van der Waals surface area contributed by atoms with Crippen LogP contribution in [-0.4, -0.2) is 36.2 Å². The molecule has 1 aromatic carbocycles. The summed E-state index contributed by atoms with van der Waals surface area (Å²) in [6.07, 6.45) is 2.25. The van der Waals surface area contributed by atoms with Gasteiger partial charge < -0.3 is 5.73 Å². The lowest BCUT2D eigenvalue weighted by Gasteiger charge is -2.30. The molecule has 21 heavy (non-hydrogen) atoms. The third-order valence-corrected chi connectivity index (χ3v) is 3.90. The SMILES string of the molecule is N#Cc1ccc(C(=O)CN2CCC(CC(N)=O)CC2)cc1. The molecule has 1 aromatic rings. The van der Waals surface area contributed by atoms with E-state index in [0.717, 1.165) is 25.9 Å². The van der Waals surface area contributed by atoms with Crippen molar-refractivity contribution < 1.29 is 9.59 Å². The van der Waals surface area contributed by atoms with E-state index in [2.05, 4.69) is 4.90 Å². The fraction of sp³-hybridized carbons (Fsp3) is 0.438. The van der Waals surface area contributed by atoms with Gasteiger partial charge >= 0.3 is 0 Å². The largest absolute Gasteiger partial charge is 0.370 e. The number of carbonyl (C=O) groups excluding carboxylic acids is 2. The summed E-state index contributed by atoms with van der Waals surface area (Å²) in [6.45, 7) is 2.02. The van der Waals surface area contributed by atoms with Crippen molar-refractivity contribution in [3.63, 3.8) is 0 Å². The van der Waals surface area contributed by atoms with E-state index in [-0.39, 0.29) is 11.7 Å². The maximum absolute atomic E-state index is 12.2. The Labute approximate surface area is 124 Å². The molecule has 1 aliphatic heterocycles. The molecule has 0 bridgehead atoms. The van der Waals surface area contributed by atoms with Crippen molar-refractivity contribution in [3.8, 4) is 6.07 Å². The number of piperidine rings is 1. The molecule has 0 saturated carbocycles. The molecule has 110 valence electrons. The molecule has 2 rings (SSSR count). The van der Waals surface area contributed by atoms with Gasteiger partial charge in [-0.15, -0.1) is 0 Å². The van der Waals surface area contributed by atoms with Gasteiger partial charge in [-0.05, 0) is 44.0 Å². The monoisotopic (exact) mass is 285 g/mol. The average Bonchev–Trinajstić information content (AvgIpc) is 2.49. The van der Waals surface area contributed by atoms with Crippen LogP contribution in [0.1, 0.15) is 35.2 Å². The second kappa shape index (κ2) is 7.00. The van der Waals surface area contributed by atoms with Crippen LogP contribution in [0.5, 0.6) is 0 Å². The van der Waals surface area contributed by atoms with E-state index in [1.165, 1.54) is 0 Å². The highest BCUT2D eigenvalue weighted by molar-refractivity contribution is 5.97. The zero-order valence-corrected chi connectivity index (χ0v) is 11.9. The van der Waals surface area contributed by atoms with E-state index < -0.39 is 0 Å². The molecule has 1 amide bonds. The van der Waals surface area contributed by atoms with E-state index >= 15 is 0 Å². The number of nitrogens with two attached hydrogens (primary N) is 1. The smallest absolute Gasteiger partial charge is 0.217 e. The Bertz CT molecular complexity index is 552. The zero-order valence-electron chi connectivity index (χ0n) is 11.9. The number of benzene rings is 1. The van der Waals surface area contributed by atoms with Crippen LogP contribution in [0.2, 0.25) is 0 Å². The standard InChI is InChI=1S/C16H19N3O2/c17-10-13-1-3-14(4-2-13)15(20)11-19-7-5-12(6-8-19)9-16(18)21/h1-4,12H,5-9,11H2,(H2,18,21). The van der Waals surface area contributed by atoms with Gasteiger partial charge in [0, 0.05) is 12.0 Å². The van der Waals surface area contributed by atoms with Gasteiger partial charge in [0.15, 0.2) is 5.78 Å². The van der Waals surface area contributed by atoms with Crippen LogP contribution in [-0.2, 0) is 4.79 Å². The van der Waals surface area contributed by atoms with Crippen molar-refractivity contribution in [1.82, 2.24) is 4.90 Å². The van der Waals surface area contributed by atoms with Crippen molar-refractivity contribution in [1.29, 1.82) is 5.26 Å². The number of rotatable bonds is 5. The lowest BCUT2D eigenvalue weighted by molar-refractivity contribution is -0.119. The summed E-state index contributed by atoms with van der Waals surface area (Å²) in [5.41, 5.74) is 6.40. The fourth-order valence-electron chi connectivity index (χ4n) is 2.66. The molecular formula is C16H19N3O2. The van der Waals surface area contributed by atoms with Crippen molar-refractivity contribution in [2.45, 2.75) is 19.3 Å². The molecule has 5 nitrogen and oxygen atoms in total. The maximum Gasteiger partial charge on any atom is 0.217 e. The minimum Gasteiger partial charge on any atom is -0.370 e. The van der Waals surface area contributed by atoms with Crippen LogP contribution in [0.3, 0.4) is 0 Å². The fourth-order valence-corrected chi connectivity index (χ4v) is 2.66. The first-order chi connectivity index (χ1) is 10.1. The summed E-state index contributed by atoms with van der Waals surface area (Å²) in [5.74, 6) is 0.165. The average molecular weight is 285 g/mol. The summed E-state index contributed by atoms with van der Waals surface area (Å²) < 4.78 is 0. The number of Topliss-reactive ketones (excluding diaryl/α,β-unsaturated/α-hetero) is 1. The number of likely N-dealkylation sites (tertiary alicyclic amines) is 1. The highest BCUT2D eigenvalue weighted by Gasteiger charge is 2.22. The van der Waals surface area contributed by atoms with Gasteiger partial charge in [0.25, 0.3) is 0 Å². The first-order valence-corrected chi connectivity index (χ1v) is 7.12. The predicted octanol–water partition coefficient (Wildman–Crippen LogP) is 1.33. The van der Waals surface area contributed by atoms with Gasteiger partial charge in [0.1, 0.15) is 0 Å². The first-order valence-electron chi connectivity index (χ1n) is 7.12. The highest BCUT2D eigenvalue weighted by atomic mass is 16.1. The quantitative estimate of drug-likeness (QED) is 0.827. The molecule has 0 unspecified atom stereocenters. The third kappa shape index (κ3) is 4.40. The van der Waals surface area contributed by atoms with Crippen LogP contribution in [0, 0.1) is 17.2 Å². The Balaban J connectivity index is 1.84. The van der Waals surface area contributed by atoms with Crippen molar-refractivity contribution in [2.24, 2.45) is 11.7 Å². The normalized spacial score (nSPS) is 16.3. The summed E-state index contributed by atoms with van der Waals surface area (Å²) in [7, 11) is 0. The minimum atomic E-state index is -0.248. The molecule has 5 heteroatoms. The Morgan fingerprint density at radius 1 is 1.24 bits per heavy atom. The number of hydrogen-bond acceptors (Lipinski definition) is 4. The number of nitrogens with zero attached hydrogens (tertiary/aromatic N) is 2. The molecule has 1 aliphatic rings. The van der Waals surface area contributed by atoms with Crippen molar-refractivity contribution in [3.05, 3.63) is 35.4 Å². The molecule has 1 saturated heterocycles. The van der Waals surface area contributed by atoms with Gasteiger partial charge in [-0.1, -0.05) is 12.1 Å². The summed E-state index contributed by atoms with van der Waals surface area (Å²) in [4.78, 5) is 25.2. The molecule has 0 spiro atoms. The summed E-state index contributed by atoms with van der Waals surface area (Å²) in [5, 5.41) is 8.74. The molecule has 0 aliphatic carbocycles. The van der Waals surface area contributed by atoms with E-state index in [0.29, 0.717) is 30.0 Å².